The van der Waals surface area contributed by atoms with Gasteiger partial charge in [0.1, 0.15) is 0 Å². The van der Waals surface area contributed by atoms with Crippen molar-refractivity contribution >= 4 is 23.3 Å². The van der Waals surface area contributed by atoms with Gasteiger partial charge < -0.3 is 15.7 Å². The number of thiazole rings is 1. The lowest BCUT2D eigenvalue weighted by Crippen LogP contribution is -2.39. The Hall–Kier alpha value is -1.63. The van der Waals surface area contributed by atoms with Crippen LogP contribution in [0.15, 0.2) is 11.6 Å². The first-order chi connectivity index (χ1) is 9.11. The fourth-order valence-corrected chi connectivity index (χ4v) is 2.19. The molecule has 1 atom stereocenters. The van der Waals surface area contributed by atoms with E-state index < -0.39 is 5.97 Å². The fourth-order valence-electron chi connectivity index (χ4n) is 1.57. The van der Waals surface area contributed by atoms with Gasteiger partial charge >= 0.3 is 12.0 Å². The average molecular weight is 285 g/mol. The van der Waals surface area contributed by atoms with Crippen LogP contribution in [0.3, 0.4) is 0 Å². The van der Waals surface area contributed by atoms with E-state index in [1.807, 2.05) is 12.3 Å². The van der Waals surface area contributed by atoms with Crippen LogP contribution in [0.25, 0.3) is 0 Å². The molecular formula is C12H19N3O3S. The van der Waals surface area contributed by atoms with E-state index in [4.69, 9.17) is 5.11 Å². The number of nitrogens with one attached hydrogen (secondary N) is 2. The quantitative estimate of drug-likeness (QED) is 0.675. The first-order valence-corrected chi connectivity index (χ1v) is 7.11. The molecule has 0 aliphatic rings. The molecule has 1 aromatic rings. The van der Waals surface area contributed by atoms with Crippen molar-refractivity contribution in [1.82, 2.24) is 15.6 Å². The third-order valence-corrected chi connectivity index (χ3v) is 3.54. The summed E-state index contributed by atoms with van der Waals surface area (Å²) in [7, 11) is 0. The van der Waals surface area contributed by atoms with Crippen LogP contribution < -0.4 is 10.6 Å². The molecule has 0 saturated heterocycles. The second kappa shape index (κ2) is 8.47. The van der Waals surface area contributed by atoms with Gasteiger partial charge in [-0.3, -0.25) is 4.79 Å². The van der Waals surface area contributed by atoms with E-state index in [9.17, 15) is 9.59 Å². The van der Waals surface area contributed by atoms with Gasteiger partial charge in [-0.1, -0.05) is 13.3 Å². The molecular weight excluding hydrogens is 266 g/mol. The predicted octanol–water partition coefficient (Wildman–Crippen LogP) is 1.49. The smallest absolute Gasteiger partial charge is 0.314 e. The van der Waals surface area contributed by atoms with E-state index >= 15 is 0 Å². The molecule has 0 spiro atoms. The number of urea groups is 1. The highest BCUT2D eigenvalue weighted by Gasteiger charge is 2.12. The summed E-state index contributed by atoms with van der Waals surface area (Å²) in [6.07, 6.45) is 3.25. The summed E-state index contributed by atoms with van der Waals surface area (Å²) in [5, 5.41) is 17.0. The van der Waals surface area contributed by atoms with Gasteiger partial charge in [-0.15, -0.1) is 11.3 Å². The number of rotatable bonds is 8. The molecule has 3 N–H and O–H groups in total. The molecule has 0 bridgehead atoms. The van der Waals surface area contributed by atoms with Crippen molar-refractivity contribution in [3.63, 3.8) is 0 Å². The van der Waals surface area contributed by atoms with E-state index in [0.717, 1.165) is 11.4 Å². The number of aromatic nitrogens is 1. The van der Waals surface area contributed by atoms with Crippen molar-refractivity contribution in [2.24, 2.45) is 5.92 Å². The normalized spacial score (nSPS) is 11.8. The molecule has 1 heterocycles. The number of carboxylic acids is 1. The number of amides is 2. The van der Waals surface area contributed by atoms with Crippen LogP contribution in [0.5, 0.6) is 0 Å². The van der Waals surface area contributed by atoms with Gasteiger partial charge in [-0.05, 0) is 5.92 Å². The molecule has 7 heteroatoms. The zero-order valence-corrected chi connectivity index (χ0v) is 11.7. The first kappa shape index (κ1) is 15.4. The van der Waals surface area contributed by atoms with Crippen LogP contribution in [-0.4, -0.2) is 35.2 Å². The Morgan fingerprint density at radius 1 is 1.47 bits per heavy atom. The average Bonchev–Trinajstić information content (AvgIpc) is 2.87. The second-order valence-corrected chi connectivity index (χ2v) is 5.16. The van der Waals surface area contributed by atoms with Crippen LogP contribution in [0.2, 0.25) is 0 Å². The van der Waals surface area contributed by atoms with Crippen molar-refractivity contribution in [2.75, 3.05) is 13.1 Å². The summed E-state index contributed by atoms with van der Waals surface area (Å²) in [5.74, 6) is -0.861. The van der Waals surface area contributed by atoms with Crippen molar-refractivity contribution in [2.45, 2.75) is 26.2 Å². The predicted molar refractivity (Wildman–Crippen MR) is 73.3 cm³/mol. The van der Waals surface area contributed by atoms with Gasteiger partial charge in [-0.2, -0.15) is 0 Å². The highest BCUT2D eigenvalue weighted by atomic mass is 32.1. The van der Waals surface area contributed by atoms with Gasteiger partial charge in [0.25, 0.3) is 0 Å². The van der Waals surface area contributed by atoms with Crippen molar-refractivity contribution in [3.8, 4) is 0 Å². The van der Waals surface area contributed by atoms with E-state index in [1.54, 1.807) is 17.5 Å². The highest BCUT2D eigenvalue weighted by Crippen LogP contribution is 2.06. The summed E-state index contributed by atoms with van der Waals surface area (Å²) < 4.78 is 0. The number of hydrogen-bond donors (Lipinski definition) is 3. The highest BCUT2D eigenvalue weighted by molar-refractivity contribution is 7.09. The Bertz CT molecular complexity index is 395. The van der Waals surface area contributed by atoms with Gasteiger partial charge in [0.05, 0.1) is 5.01 Å². The molecule has 1 unspecified atom stereocenters. The molecule has 106 valence electrons. The Morgan fingerprint density at radius 3 is 2.84 bits per heavy atom. The van der Waals surface area contributed by atoms with Crippen LogP contribution in [0, 0.1) is 5.92 Å². The maximum absolute atomic E-state index is 11.5. The van der Waals surface area contributed by atoms with Crippen LogP contribution in [0.1, 0.15) is 24.8 Å². The summed E-state index contributed by atoms with van der Waals surface area (Å²) in [6.45, 7) is 2.82. The van der Waals surface area contributed by atoms with E-state index in [0.29, 0.717) is 19.5 Å². The number of nitrogens with zero attached hydrogens (tertiary/aromatic N) is 1. The molecule has 0 aliphatic carbocycles. The summed E-state index contributed by atoms with van der Waals surface area (Å²) in [5.41, 5.74) is 0. The molecule has 19 heavy (non-hydrogen) atoms. The summed E-state index contributed by atoms with van der Waals surface area (Å²) in [4.78, 5) is 26.2. The monoisotopic (exact) mass is 285 g/mol. The van der Waals surface area contributed by atoms with Gasteiger partial charge in [-0.25, -0.2) is 9.78 Å². The minimum Gasteiger partial charge on any atom is -0.481 e. The lowest BCUT2D eigenvalue weighted by Gasteiger charge is -2.13. The maximum Gasteiger partial charge on any atom is 0.314 e. The molecule has 1 aromatic heterocycles. The van der Waals surface area contributed by atoms with E-state index in [2.05, 4.69) is 15.6 Å². The molecule has 0 radical (unpaired) electrons. The van der Waals surface area contributed by atoms with Crippen molar-refractivity contribution in [1.29, 1.82) is 0 Å². The molecule has 0 aromatic carbocycles. The van der Waals surface area contributed by atoms with E-state index in [1.165, 1.54) is 0 Å². The van der Waals surface area contributed by atoms with Gasteiger partial charge in [0.2, 0.25) is 0 Å². The summed E-state index contributed by atoms with van der Waals surface area (Å²) >= 11 is 1.56. The molecule has 0 fully saturated rings. The number of aliphatic carboxylic acids is 1. The third kappa shape index (κ3) is 6.76. The van der Waals surface area contributed by atoms with Crippen LogP contribution in [-0.2, 0) is 11.2 Å². The van der Waals surface area contributed by atoms with Crippen molar-refractivity contribution < 1.29 is 14.7 Å². The standard InChI is InChI=1S/C12H19N3O3S/c1-2-9(7-11(16)17)8-15-12(18)14-4-3-10-13-5-6-19-10/h5-6,9H,2-4,7-8H2,1H3,(H,16,17)(H2,14,15,18). The second-order valence-electron chi connectivity index (χ2n) is 4.18. The lowest BCUT2D eigenvalue weighted by atomic mass is 10.0. The Labute approximate surface area is 116 Å². The Morgan fingerprint density at radius 2 is 2.26 bits per heavy atom. The Balaban J connectivity index is 2.14. The zero-order chi connectivity index (χ0) is 14.1. The van der Waals surface area contributed by atoms with Crippen LogP contribution in [0.4, 0.5) is 4.79 Å². The molecule has 0 saturated carbocycles. The van der Waals surface area contributed by atoms with Crippen LogP contribution >= 0.6 is 11.3 Å². The topological polar surface area (TPSA) is 91.3 Å². The fraction of sp³-hybridized carbons (Fsp3) is 0.583. The molecule has 2 amide bonds. The molecule has 0 aliphatic heterocycles. The zero-order valence-electron chi connectivity index (χ0n) is 10.9. The number of carboxylic acid groups (broad SMARTS) is 1. The number of carbonyl (C=O) groups excluding carboxylic acids is 1. The molecule has 1 rings (SSSR count). The van der Waals surface area contributed by atoms with Gasteiger partial charge in [0, 0.05) is 37.5 Å². The third-order valence-electron chi connectivity index (χ3n) is 2.70. The van der Waals surface area contributed by atoms with Crippen molar-refractivity contribution in [3.05, 3.63) is 16.6 Å². The first-order valence-electron chi connectivity index (χ1n) is 6.23. The SMILES string of the molecule is CCC(CNC(=O)NCCc1nccs1)CC(=O)O. The summed E-state index contributed by atoms with van der Waals surface area (Å²) in [6, 6.07) is -0.264. The maximum atomic E-state index is 11.5. The molecule has 6 nitrogen and oxygen atoms in total. The van der Waals surface area contributed by atoms with E-state index in [-0.39, 0.29) is 18.4 Å². The Kier molecular flexibility index (Phi) is 6.88. The number of hydrogen-bond acceptors (Lipinski definition) is 4. The largest absolute Gasteiger partial charge is 0.481 e. The minimum absolute atomic E-state index is 0.0257. The minimum atomic E-state index is -0.835. The lowest BCUT2D eigenvalue weighted by molar-refractivity contribution is -0.138. The number of carbonyl (C=O) groups is 2. The van der Waals surface area contributed by atoms with Gasteiger partial charge in [0.15, 0.2) is 0 Å².